The second-order valence-electron chi connectivity index (χ2n) is 26.7. The minimum Gasteiger partial charge on any atom is -0.454 e. The highest BCUT2D eigenvalue weighted by atomic mass is 16.7. The van der Waals surface area contributed by atoms with Crippen LogP contribution in [0.2, 0.25) is 0 Å². The third-order valence-electron chi connectivity index (χ3n) is 17.8. The van der Waals surface area contributed by atoms with Gasteiger partial charge in [-0.3, -0.25) is 9.59 Å². The number of carbonyl (C=O) groups excluding carboxylic acids is 2. The zero-order valence-electron chi connectivity index (χ0n) is 61.0. The van der Waals surface area contributed by atoms with Crippen LogP contribution in [0, 0.1) is 0 Å². The topological polar surface area (TPSA) is 175 Å². The normalized spacial score (nSPS) is 18.4. The molecule has 11 heteroatoms. The summed E-state index contributed by atoms with van der Waals surface area (Å²) in [5.41, 5.74) is 0. The predicted octanol–water partition coefficient (Wildman–Crippen LogP) is 21.3. The highest BCUT2D eigenvalue weighted by molar-refractivity contribution is 5.80. The molecule has 1 heterocycles. The molecule has 0 spiro atoms. The van der Waals surface area contributed by atoms with Gasteiger partial charge in [0, 0.05) is 6.42 Å². The summed E-state index contributed by atoms with van der Waals surface area (Å²) >= 11 is 0. The summed E-state index contributed by atoms with van der Waals surface area (Å²) in [7, 11) is 0. The fourth-order valence-electron chi connectivity index (χ4n) is 11.7. The average molecular weight is 1330 g/mol. The second kappa shape index (κ2) is 69.9. The molecule has 1 amide bonds. The van der Waals surface area contributed by atoms with Crippen LogP contribution >= 0.6 is 0 Å². The van der Waals surface area contributed by atoms with Crippen LogP contribution in [0.15, 0.2) is 122 Å². The highest BCUT2D eigenvalue weighted by Crippen LogP contribution is 2.26. The average Bonchev–Trinajstić information content (AvgIpc) is 0.823. The van der Waals surface area contributed by atoms with Gasteiger partial charge in [-0.1, -0.05) is 335 Å². The Kier molecular flexibility index (Phi) is 65.6. The van der Waals surface area contributed by atoms with Crippen molar-refractivity contribution in [1.82, 2.24) is 5.32 Å². The van der Waals surface area contributed by atoms with E-state index in [-0.39, 0.29) is 19.4 Å². The summed E-state index contributed by atoms with van der Waals surface area (Å²) in [6, 6.07) is -1.03. The Morgan fingerprint density at radius 1 is 0.421 bits per heavy atom. The van der Waals surface area contributed by atoms with Gasteiger partial charge in [-0.25, -0.2) is 0 Å². The summed E-state index contributed by atoms with van der Waals surface area (Å²) in [6.07, 6.45) is 88.0. The summed E-state index contributed by atoms with van der Waals surface area (Å²) in [6.45, 7) is 5.68. The van der Waals surface area contributed by atoms with Crippen molar-refractivity contribution in [3.63, 3.8) is 0 Å². The zero-order valence-corrected chi connectivity index (χ0v) is 61.0. The maximum Gasteiger partial charge on any atom is 0.306 e. The molecular weight excluding hydrogens is 1180 g/mol. The van der Waals surface area contributed by atoms with E-state index >= 15 is 0 Å². The van der Waals surface area contributed by atoms with E-state index in [4.69, 9.17) is 14.2 Å². The Labute approximate surface area is 582 Å². The first-order valence-corrected chi connectivity index (χ1v) is 39.3. The molecule has 95 heavy (non-hydrogen) atoms. The van der Waals surface area contributed by atoms with Crippen LogP contribution in [0.3, 0.4) is 0 Å². The standard InChI is InChI=1S/C84H145NO10/c1-4-7-10-13-16-19-22-25-27-29-31-33-35-37-39-41-43-45-47-49-51-54-57-60-63-66-69-72-79(89)95-82-81(91)80(90)78(73-86)94-84(82)93-74-75(76(87)70-67-64-61-58-55-52-24-21-18-15-12-9-6-3)85-83(92)77(88)71-68-65-62-59-56-53-50-48-46-44-42-40-38-36-34-32-30-28-26-23-20-17-14-11-8-5-2/h7,10,16-17,19-20,25-28,31-34,37-40,67,70,75-78,80-82,84,86-88,90-91H,4-6,8-9,11-15,18,21-24,29-30,35-36,41-66,68-69,71-74H2,1-3H3,(H,85,92)/b10-7-,19-16-,20-17-,27-25-,28-26-,33-31-,34-32-,39-37-,40-38-,70-67+. The number of carbonyl (C=O) groups is 2. The first kappa shape index (κ1) is 89.1. The van der Waals surface area contributed by atoms with Gasteiger partial charge in [-0.05, 0) is 116 Å². The molecule has 0 aliphatic carbocycles. The summed E-state index contributed by atoms with van der Waals surface area (Å²) in [5.74, 6) is -1.20. The lowest BCUT2D eigenvalue weighted by Gasteiger charge is -2.41. The largest absolute Gasteiger partial charge is 0.454 e. The maximum atomic E-state index is 13.5. The van der Waals surface area contributed by atoms with Gasteiger partial charge in [0.15, 0.2) is 12.4 Å². The number of ether oxygens (including phenoxy) is 3. The number of hydrogen-bond acceptors (Lipinski definition) is 10. The van der Waals surface area contributed by atoms with E-state index in [9.17, 15) is 35.1 Å². The number of unbranched alkanes of at least 4 members (excludes halogenated alkanes) is 35. The molecular formula is C84H145NO10. The Morgan fingerprint density at radius 3 is 1.16 bits per heavy atom. The van der Waals surface area contributed by atoms with Gasteiger partial charge in [0.2, 0.25) is 5.91 Å². The van der Waals surface area contributed by atoms with E-state index in [2.05, 4.69) is 135 Å². The SMILES string of the molecule is CC/C=C\C/C=C\C/C=C\C/C=C\C/C=C\CCCCCCCCCCCCCC(=O)OC1C(OCC(NC(=O)C(O)CCCCCCCCCCCC/C=C\C/C=C\C/C=C\C/C=C\CCCCC)C(O)/C=C/CCCCCCCCCCCCC)OC(CO)C(O)C1O. The Morgan fingerprint density at radius 2 is 0.758 bits per heavy atom. The Bertz CT molecular complexity index is 2020. The lowest BCUT2D eigenvalue weighted by Crippen LogP contribution is -2.61. The third kappa shape index (κ3) is 56.6. The molecule has 0 saturated carbocycles. The van der Waals surface area contributed by atoms with Crippen molar-refractivity contribution in [2.24, 2.45) is 0 Å². The third-order valence-corrected chi connectivity index (χ3v) is 17.8. The van der Waals surface area contributed by atoms with Crippen molar-refractivity contribution >= 4 is 11.9 Å². The smallest absolute Gasteiger partial charge is 0.306 e. The maximum absolute atomic E-state index is 13.5. The number of esters is 1. The fourth-order valence-corrected chi connectivity index (χ4v) is 11.7. The minimum absolute atomic E-state index is 0.114. The van der Waals surface area contributed by atoms with Crippen molar-refractivity contribution in [3.8, 4) is 0 Å². The molecule has 0 aromatic rings. The van der Waals surface area contributed by atoms with E-state index in [0.717, 1.165) is 122 Å². The molecule has 1 saturated heterocycles. The molecule has 1 rings (SSSR count). The minimum atomic E-state index is -1.62. The molecule has 8 unspecified atom stereocenters. The van der Waals surface area contributed by atoms with E-state index in [1.54, 1.807) is 6.08 Å². The summed E-state index contributed by atoms with van der Waals surface area (Å²) < 4.78 is 17.8. The van der Waals surface area contributed by atoms with Crippen LogP contribution in [0.4, 0.5) is 0 Å². The zero-order chi connectivity index (χ0) is 68.8. The molecule has 0 aromatic heterocycles. The van der Waals surface area contributed by atoms with E-state index < -0.39 is 67.4 Å². The first-order valence-electron chi connectivity index (χ1n) is 39.3. The number of rotatable bonds is 67. The Hall–Kier alpha value is -3.94. The molecule has 0 bridgehead atoms. The van der Waals surface area contributed by atoms with Gasteiger partial charge in [-0.15, -0.1) is 0 Å². The second-order valence-corrected chi connectivity index (χ2v) is 26.7. The molecule has 0 radical (unpaired) electrons. The van der Waals surface area contributed by atoms with Crippen molar-refractivity contribution in [3.05, 3.63) is 122 Å². The highest BCUT2D eigenvalue weighted by Gasteiger charge is 2.47. The van der Waals surface area contributed by atoms with Crippen LogP contribution in [0.1, 0.15) is 335 Å². The number of amides is 1. The van der Waals surface area contributed by atoms with Crippen molar-refractivity contribution in [2.45, 2.75) is 384 Å². The monoisotopic (exact) mass is 1330 g/mol. The van der Waals surface area contributed by atoms with E-state index in [1.165, 1.54) is 167 Å². The summed E-state index contributed by atoms with van der Waals surface area (Å²) in [5, 5.41) is 57.5. The van der Waals surface area contributed by atoms with Gasteiger partial charge >= 0.3 is 5.97 Å². The number of nitrogens with one attached hydrogen (secondary N) is 1. The molecule has 0 aromatic carbocycles. The number of aliphatic hydroxyl groups excluding tert-OH is 5. The number of hydrogen-bond donors (Lipinski definition) is 6. The van der Waals surface area contributed by atoms with Gasteiger partial charge < -0.3 is 45.1 Å². The van der Waals surface area contributed by atoms with Gasteiger partial charge in [0.05, 0.1) is 25.4 Å². The molecule has 1 aliphatic heterocycles. The van der Waals surface area contributed by atoms with Crippen molar-refractivity contribution in [2.75, 3.05) is 13.2 Å². The lowest BCUT2D eigenvalue weighted by atomic mass is 9.99. The fraction of sp³-hybridized carbons (Fsp3) is 0.738. The van der Waals surface area contributed by atoms with E-state index in [0.29, 0.717) is 12.8 Å². The predicted molar refractivity (Wildman–Crippen MR) is 402 cm³/mol. The number of aliphatic hydroxyl groups is 5. The molecule has 546 valence electrons. The molecule has 8 atom stereocenters. The van der Waals surface area contributed by atoms with Crippen molar-refractivity contribution in [1.29, 1.82) is 0 Å². The number of allylic oxidation sites excluding steroid dienone is 19. The van der Waals surface area contributed by atoms with Crippen LogP contribution in [-0.2, 0) is 23.8 Å². The molecule has 1 fully saturated rings. The molecule has 6 N–H and O–H groups in total. The first-order chi connectivity index (χ1) is 46.7. The van der Waals surface area contributed by atoms with Crippen LogP contribution < -0.4 is 5.32 Å². The van der Waals surface area contributed by atoms with Gasteiger partial charge in [0.1, 0.15) is 24.4 Å². The van der Waals surface area contributed by atoms with Crippen LogP contribution in [0.25, 0.3) is 0 Å². The van der Waals surface area contributed by atoms with E-state index in [1.807, 2.05) is 6.08 Å². The Balaban J connectivity index is 2.53. The van der Waals surface area contributed by atoms with Gasteiger partial charge in [-0.2, -0.15) is 0 Å². The molecule has 11 nitrogen and oxygen atoms in total. The quantitative estimate of drug-likeness (QED) is 0.0195. The van der Waals surface area contributed by atoms with Crippen LogP contribution in [-0.4, -0.2) is 99.6 Å². The van der Waals surface area contributed by atoms with Gasteiger partial charge in [0.25, 0.3) is 0 Å². The lowest BCUT2D eigenvalue weighted by molar-refractivity contribution is -0.305. The van der Waals surface area contributed by atoms with Crippen LogP contribution in [0.5, 0.6) is 0 Å². The summed E-state index contributed by atoms with van der Waals surface area (Å²) in [4.78, 5) is 26.8. The van der Waals surface area contributed by atoms with Crippen molar-refractivity contribution < 1.29 is 49.3 Å². The molecule has 1 aliphatic rings.